The van der Waals surface area contributed by atoms with E-state index >= 15 is 0 Å². The zero-order valence-electron chi connectivity index (χ0n) is 14.4. The van der Waals surface area contributed by atoms with Crippen LogP contribution >= 0.6 is 0 Å². The number of hydrogen-bond acceptors (Lipinski definition) is 4. The van der Waals surface area contributed by atoms with Crippen molar-refractivity contribution in [3.63, 3.8) is 0 Å². The van der Waals surface area contributed by atoms with Gasteiger partial charge in [0.15, 0.2) is 6.10 Å². The predicted octanol–water partition coefficient (Wildman–Crippen LogP) is 3.35. The van der Waals surface area contributed by atoms with Crippen LogP contribution in [-0.4, -0.2) is 26.2 Å². The largest absolute Gasteiger partial charge is 0.497 e. The normalized spacial score (nSPS) is 12.8. The summed E-state index contributed by atoms with van der Waals surface area (Å²) in [6.07, 6.45) is -0.605. The maximum Gasteiger partial charge on any atom is 0.261 e. The molecule has 2 atom stereocenters. The summed E-state index contributed by atoms with van der Waals surface area (Å²) in [4.78, 5) is 12.4. The Bertz CT molecular complexity index is 672. The van der Waals surface area contributed by atoms with E-state index in [9.17, 15) is 4.79 Å². The molecule has 0 aliphatic carbocycles. The van der Waals surface area contributed by atoms with Gasteiger partial charge >= 0.3 is 0 Å². The van der Waals surface area contributed by atoms with Crippen molar-refractivity contribution in [3.05, 3.63) is 54.1 Å². The fourth-order valence-corrected chi connectivity index (χ4v) is 2.34. The van der Waals surface area contributed by atoms with E-state index in [1.165, 1.54) is 0 Å². The maximum atomic E-state index is 12.4. The predicted molar refractivity (Wildman–Crippen MR) is 92.6 cm³/mol. The number of ether oxygens (including phenoxy) is 3. The molecule has 2 aromatic carbocycles. The number of amides is 1. The van der Waals surface area contributed by atoms with Crippen molar-refractivity contribution in [2.75, 3.05) is 14.2 Å². The molecule has 0 saturated heterocycles. The van der Waals surface area contributed by atoms with Crippen LogP contribution in [0.15, 0.2) is 48.5 Å². The van der Waals surface area contributed by atoms with E-state index in [0.717, 1.165) is 5.56 Å². The Morgan fingerprint density at radius 1 is 0.958 bits per heavy atom. The molecule has 5 nitrogen and oxygen atoms in total. The number of para-hydroxylation sites is 1. The van der Waals surface area contributed by atoms with Crippen LogP contribution in [0.5, 0.6) is 17.2 Å². The number of rotatable bonds is 7. The Morgan fingerprint density at radius 2 is 1.67 bits per heavy atom. The standard InChI is InChI=1S/C19H23NO4/c1-13(17-12-16(22-3)10-11-18(17)23-4)20-19(21)14(2)24-15-8-6-5-7-9-15/h5-14H,1-4H3,(H,20,21)/t13-,14-/m1/s1. The van der Waals surface area contributed by atoms with Crippen LogP contribution in [0.2, 0.25) is 0 Å². The van der Waals surface area contributed by atoms with Crippen molar-refractivity contribution in [2.24, 2.45) is 0 Å². The fourth-order valence-electron chi connectivity index (χ4n) is 2.34. The van der Waals surface area contributed by atoms with Gasteiger partial charge in [0, 0.05) is 5.56 Å². The Hall–Kier alpha value is -2.69. The Morgan fingerprint density at radius 3 is 2.29 bits per heavy atom. The molecule has 2 aromatic rings. The highest BCUT2D eigenvalue weighted by Crippen LogP contribution is 2.29. The molecule has 24 heavy (non-hydrogen) atoms. The van der Waals surface area contributed by atoms with Crippen molar-refractivity contribution in [1.82, 2.24) is 5.32 Å². The number of nitrogens with one attached hydrogen (secondary N) is 1. The van der Waals surface area contributed by atoms with E-state index in [1.807, 2.05) is 55.5 Å². The van der Waals surface area contributed by atoms with Crippen LogP contribution in [-0.2, 0) is 4.79 Å². The minimum absolute atomic E-state index is 0.198. The zero-order chi connectivity index (χ0) is 17.5. The van der Waals surface area contributed by atoms with Crippen LogP contribution < -0.4 is 19.5 Å². The van der Waals surface area contributed by atoms with Gasteiger partial charge in [0.2, 0.25) is 0 Å². The summed E-state index contributed by atoms with van der Waals surface area (Å²) in [6, 6.07) is 14.5. The third-order valence-electron chi connectivity index (χ3n) is 3.69. The third kappa shape index (κ3) is 4.41. The highest BCUT2D eigenvalue weighted by molar-refractivity contribution is 5.81. The second-order valence-electron chi connectivity index (χ2n) is 5.41. The lowest BCUT2D eigenvalue weighted by atomic mass is 10.1. The summed E-state index contributed by atoms with van der Waals surface area (Å²) in [7, 11) is 3.20. The first-order chi connectivity index (χ1) is 11.5. The molecule has 0 aliphatic heterocycles. The van der Waals surface area contributed by atoms with Crippen LogP contribution in [0.4, 0.5) is 0 Å². The summed E-state index contributed by atoms with van der Waals surface area (Å²) >= 11 is 0. The van der Waals surface area contributed by atoms with E-state index in [2.05, 4.69) is 5.32 Å². The molecule has 5 heteroatoms. The fraction of sp³-hybridized carbons (Fsp3) is 0.316. The Kier molecular flexibility index (Phi) is 6.07. The number of hydrogen-bond donors (Lipinski definition) is 1. The summed E-state index contributed by atoms with van der Waals surface area (Å²) in [5.74, 6) is 1.86. The summed E-state index contributed by atoms with van der Waals surface area (Å²) < 4.78 is 16.3. The highest BCUT2D eigenvalue weighted by Gasteiger charge is 2.20. The summed E-state index contributed by atoms with van der Waals surface area (Å²) in [5.41, 5.74) is 0.845. The first-order valence-corrected chi connectivity index (χ1v) is 7.79. The second kappa shape index (κ2) is 8.24. The molecule has 0 saturated carbocycles. The SMILES string of the molecule is COc1ccc(OC)c([C@@H](C)NC(=O)[C@@H](C)Oc2ccccc2)c1. The zero-order valence-corrected chi connectivity index (χ0v) is 14.4. The lowest BCUT2D eigenvalue weighted by Crippen LogP contribution is -2.37. The van der Waals surface area contributed by atoms with E-state index < -0.39 is 6.10 Å². The minimum Gasteiger partial charge on any atom is -0.497 e. The first-order valence-electron chi connectivity index (χ1n) is 7.79. The summed E-state index contributed by atoms with van der Waals surface area (Å²) in [6.45, 7) is 3.61. The molecule has 1 N–H and O–H groups in total. The molecular formula is C19H23NO4. The molecule has 0 aliphatic rings. The lowest BCUT2D eigenvalue weighted by Gasteiger charge is -2.21. The van der Waals surface area contributed by atoms with Gasteiger partial charge in [0.25, 0.3) is 5.91 Å². The number of carbonyl (C=O) groups excluding carboxylic acids is 1. The van der Waals surface area contributed by atoms with Gasteiger partial charge < -0.3 is 19.5 Å². The van der Waals surface area contributed by atoms with Crippen LogP contribution in [0.1, 0.15) is 25.5 Å². The van der Waals surface area contributed by atoms with Gasteiger partial charge in [0.1, 0.15) is 17.2 Å². The van der Waals surface area contributed by atoms with E-state index in [1.54, 1.807) is 21.1 Å². The molecule has 0 bridgehead atoms. The molecule has 0 heterocycles. The third-order valence-corrected chi connectivity index (χ3v) is 3.69. The van der Waals surface area contributed by atoms with Crippen molar-refractivity contribution in [2.45, 2.75) is 26.0 Å². The Labute approximate surface area is 142 Å². The van der Waals surface area contributed by atoms with Gasteiger partial charge in [0.05, 0.1) is 20.3 Å². The molecule has 0 unspecified atom stereocenters. The number of methoxy groups -OCH3 is 2. The molecule has 0 fully saturated rings. The molecule has 0 aromatic heterocycles. The topological polar surface area (TPSA) is 56.8 Å². The molecule has 1 amide bonds. The molecule has 0 radical (unpaired) electrons. The molecule has 0 spiro atoms. The monoisotopic (exact) mass is 329 g/mol. The van der Waals surface area contributed by atoms with Crippen molar-refractivity contribution >= 4 is 5.91 Å². The Balaban J connectivity index is 2.05. The van der Waals surface area contributed by atoms with Crippen molar-refractivity contribution < 1.29 is 19.0 Å². The van der Waals surface area contributed by atoms with Gasteiger partial charge in [-0.25, -0.2) is 0 Å². The van der Waals surface area contributed by atoms with Gasteiger partial charge in [-0.15, -0.1) is 0 Å². The van der Waals surface area contributed by atoms with Gasteiger partial charge in [-0.3, -0.25) is 4.79 Å². The average molecular weight is 329 g/mol. The molecule has 2 rings (SSSR count). The van der Waals surface area contributed by atoms with E-state index in [-0.39, 0.29) is 11.9 Å². The second-order valence-corrected chi connectivity index (χ2v) is 5.41. The molecular weight excluding hydrogens is 306 g/mol. The first kappa shape index (κ1) is 17.7. The minimum atomic E-state index is -0.605. The lowest BCUT2D eigenvalue weighted by molar-refractivity contribution is -0.127. The quantitative estimate of drug-likeness (QED) is 0.846. The molecule has 128 valence electrons. The number of carbonyl (C=O) groups is 1. The van der Waals surface area contributed by atoms with Gasteiger partial charge in [-0.05, 0) is 44.2 Å². The van der Waals surface area contributed by atoms with E-state index in [0.29, 0.717) is 17.2 Å². The van der Waals surface area contributed by atoms with Crippen LogP contribution in [0, 0.1) is 0 Å². The highest BCUT2D eigenvalue weighted by atomic mass is 16.5. The average Bonchev–Trinajstić information content (AvgIpc) is 2.61. The number of benzene rings is 2. The van der Waals surface area contributed by atoms with Gasteiger partial charge in [-0.1, -0.05) is 18.2 Å². The summed E-state index contributed by atoms with van der Waals surface area (Å²) in [5, 5.41) is 2.94. The van der Waals surface area contributed by atoms with Crippen LogP contribution in [0.25, 0.3) is 0 Å². The maximum absolute atomic E-state index is 12.4. The van der Waals surface area contributed by atoms with Gasteiger partial charge in [-0.2, -0.15) is 0 Å². The van der Waals surface area contributed by atoms with Crippen LogP contribution in [0.3, 0.4) is 0 Å². The van der Waals surface area contributed by atoms with Crippen molar-refractivity contribution in [3.8, 4) is 17.2 Å². The van der Waals surface area contributed by atoms with E-state index in [4.69, 9.17) is 14.2 Å². The smallest absolute Gasteiger partial charge is 0.261 e. The van der Waals surface area contributed by atoms with Crippen molar-refractivity contribution in [1.29, 1.82) is 0 Å².